The monoisotopic (exact) mass is 458 g/mol. The van der Waals surface area contributed by atoms with Gasteiger partial charge in [0.1, 0.15) is 12.4 Å². The van der Waals surface area contributed by atoms with E-state index in [-0.39, 0.29) is 19.4 Å². The van der Waals surface area contributed by atoms with Crippen LogP contribution in [0.5, 0.6) is 34.8 Å². The highest BCUT2D eigenvalue weighted by atomic mass is 16.7. The summed E-state index contributed by atoms with van der Waals surface area (Å²) in [4.78, 5) is 21.4. The van der Waals surface area contributed by atoms with Gasteiger partial charge in [-0.2, -0.15) is 0 Å². The normalized spacial score (nSPS) is 13.5. The Morgan fingerprint density at radius 1 is 0.853 bits per heavy atom. The first kappa shape index (κ1) is 20.1. The highest BCUT2D eigenvalue weighted by Gasteiger charge is 2.34. The van der Waals surface area contributed by atoms with Crippen LogP contribution in [-0.2, 0) is 11.3 Å². The fourth-order valence-electron chi connectivity index (χ4n) is 4.31. The molecule has 0 amide bonds. The number of methoxy groups -OCH3 is 2. The summed E-state index contributed by atoms with van der Waals surface area (Å²) in [5.41, 5.74) is 2.45. The van der Waals surface area contributed by atoms with Gasteiger partial charge in [-0.05, 0) is 41.3 Å². The number of ether oxygens (including phenoxy) is 6. The van der Waals surface area contributed by atoms with Gasteiger partial charge < -0.3 is 28.4 Å². The van der Waals surface area contributed by atoms with E-state index in [2.05, 4.69) is 9.97 Å². The molecule has 170 valence electrons. The van der Waals surface area contributed by atoms with E-state index in [1.807, 2.05) is 30.3 Å². The number of carbonyl (C=O) groups is 1. The minimum Gasteiger partial charge on any atom is -0.493 e. The van der Waals surface area contributed by atoms with Crippen LogP contribution in [-0.4, -0.2) is 36.9 Å². The molecule has 0 spiro atoms. The molecule has 0 N–H and O–H groups in total. The fourth-order valence-corrected chi connectivity index (χ4v) is 4.31. The van der Waals surface area contributed by atoms with Crippen LogP contribution >= 0.6 is 0 Å². The third-order valence-corrected chi connectivity index (χ3v) is 5.81. The van der Waals surface area contributed by atoms with Gasteiger partial charge in [0.25, 0.3) is 0 Å². The Morgan fingerprint density at radius 3 is 2.35 bits per heavy atom. The van der Waals surface area contributed by atoms with Crippen LogP contribution in [0.2, 0.25) is 0 Å². The van der Waals surface area contributed by atoms with E-state index in [9.17, 15) is 4.79 Å². The zero-order chi connectivity index (χ0) is 23.2. The minimum atomic E-state index is -0.446. The number of cyclic esters (lactones) is 1. The summed E-state index contributed by atoms with van der Waals surface area (Å²) in [6, 6.07) is 11.0. The molecule has 0 aliphatic carbocycles. The van der Waals surface area contributed by atoms with Gasteiger partial charge in [-0.1, -0.05) is 6.07 Å². The molecule has 3 aromatic carbocycles. The molecule has 6 rings (SSSR count). The summed E-state index contributed by atoms with van der Waals surface area (Å²) >= 11 is 0. The van der Waals surface area contributed by atoms with Crippen LogP contribution in [0, 0.1) is 0 Å². The van der Waals surface area contributed by atoms with Crippen molar-refractivity contribution >= 4 is 16.7 Å². The van der Waals surface area contributed by atoms with Crippen molar-refractivity contribution in [3.8, 4) is 45.9 Å². The summed E-state index contributed by atoms with van der Waals surface area (Å²) in [5.74, 6) is 2.24. The lowest BCUT2D eigenvalue weighted by atomic mass is 9.89. The average molecular weight is 458 g/mol. The van der Waals surface area contributed by atoms with Gasteiger partial charge >= 0.3 is 12.0 Å². The summed E-state index contributed by atoms with van der Waals surface area (Å²) in [7, 11) is 3.12. The second-order valence-corrected chi connectivity index (χ2v) is 7.59. The van der Waals surface area contributed by atoms with Gasteiger partial charge in [0.05, 0.1) is 19.8 Å². The fraction of sp³-hybridized carbons (Fsp3) is 0.160. The Kier molecular flexibility index (Phi) is 4.61. The maximum Gasteiger partial charge on any atom is 0.339 e. The molecule has 0 unspecified atom stereocenters. The minimum absolute atomic E-state index is 0.0537. The predicted octanol–water partition coefficient (Wildman–Crippen LogP) is 4.51. The van der Waals surface area contributed by atoms with Crippen LogP contribution in [0.4, 0.5) is 0 Å². The largest absolute Gasteiger partial charge is 0.493 e. The highest BCUT2D eigenvalue weighted by molar-refractivity contribution is 6.14. The molecule has 2 aliphatic heterocycles. The maximum absolute atomic E-state index is 13.0. The third kappa shape index (κ3) is 3.05. The molecule has 3 heterocycles. The lowest BCUT2D eigenvalue weighted by molar-refractivity contribution is 0.0535. The lowest BCUT2D eigenvalue weighted by Gasteiger charge is -2.18. The van der Waals surface area contributed by atoms with E-state index < -0.39 is 5.97 Å². The number of benzene rings is 3. The number of nitrogens with zero attached hydrogens (tertiary/aromatic N) is 2. The number of hydrogen-bond acceptors (Lipinski definition) is 9. The van der Waals surface area contributed by atoms with E-state index in [4.69, 9.17) is 28.4 Å². The number of carbonyl (C=O) groups excluding carboxylic acids is 1. The average Bonchev–Trinajstić information content (AvgIpc) is 3.50. The number of fused-ring (bicyclic) bond motifs is 3. The Bertz CT molecular complexity index is 1450. The van der Waals surface area contributed by atoms with E-state index in [1.54, 1.807) is 32.7 Å². The molecule has 0 atom stereocenters. The molecule has 1 aromatic heterocycles. The zero-order valence-electron chi connectivity index (χ0n) is 18.3. The third-order valence-electron chi connectivity index (χ3n) is 5.81. The molecule has 0 bridgehead atoms. The Balaban J connectivity index is 1.70. The Morgan fingerprint density at radius 2 is 1.59 bits per heavy atom. The van der Waals surface area contributed by atoms with Crippen LogP contribution in [0.25, 0.3) is 21.9 Å². The second kappa shape index (κ2) is 7.80. The van der Waals surface area contributed by atoms with Gasteiger partial charge in [0.2, 0.25) is 6.79 Å². The molecule has 34 heavy (non-hydrogen) atoms. The topological polar surface area (TPSA) is 98.2 Å². The second-order valence-electron chi connectivity index (χ2n) is 7.59. The first-order valence-electron chi connectivity index (χ1n) is 10.4. The Labute approximate surface area is 193 Å². The number of esters is 1. The SMILES string of the molecule is COc1cc2c(Oc3ncccn3)c3c(c(-c4ccc5c(c4)OCO5)c2cc1OC)C(=O)OC3. The molecule has 9 nitrogen and oxygen atoms in total. The van der Waals surface area contributed by atoms with Crippen molar-refractivity contribution in [3.05, 3.63) is 59.9 Å². The lowest BCUT2D eigenvalue weighted by Crippen LogP contribution is -2.03. The molecular formula is C25H18N2O7. The van der Waals surface area contributed by atoms with Crippen molar-refractivity contribution in [2.75, 3.05) is 21.0 Å². The summed E-state index contributed by atoms with van der Waals surface area (Å²) in [6.07, 6.45) is 3.16. The maximum atomic E-state index is 13.0. The predicted molar refractivity (Wildman–Crippen MR) is 120 cm³/mol. The quantitative estimate of drug-likeness (QED) is 0.400. The van der Waals surface area contributed by atoms with Crippen molar-refractivity contribution in [2.45, 2.75) is 6.61 Å². The number of hydrogen-bond donors (Lipinski definition) is 0. The first-order chi connectivity index (χ1) is 16.7. The molecule has 2 aliphatic rings. The standard InChI is InChI=1S/C25H18N2O7/c1-29-18-9-14-15(10-19(18)30-2)23(34-25-26-6-3-7-27-25)16-11-31-24(28)22(16)21(14)13-4-5-17-20(8-13)33-12-32-17/h3-10H,11-12H2,1-2H3. The molecule has 4 aromatic rings. The van der Waals surface area contributed by atoms with Gasteiger partial charge in [-0.3, -0.25) is 0 Å². The molecule has 9 heteroatoms. The van der Waals surface area contributed by atoms with Crippen molar-refractivity contribution in [2.24, 2.45) is 0 Å². The van der Waals surface area contributed by atoms with Crippen LogP contribution in [0.15, 0.2) is 48.8 Å². The molecule has 0 saturated heterocycles. The first-order valence-corrected chi connectivity index (χ1v) is 10.4. The molecule has 0 radical (unpaired) electrons. The van der Waals surface area contributed by atoms with E-state index in [1.165, 1.54) is 0 Å². The molecule has 0 fully saturated rings. The van der Waals surface area contributed by atoms with E-state index in [0.29, 0.717) is 56.2 Å². The van der Waals surface area contributed by atoms with Gasteiger partial charge in [0, 0.05) is 28.9 Å². The highest BCUT2D eigenvalue weighted by Crippen LogP contribution is 2.49. The van der Waals surface area contributed by atoms with E-state index in [0.717, 1.165) is 5.56 Å². The van der Waals surface area contributed by atoms with Gasteiger partial charge in [-0.15, -0.1) is 0 Å². The van der Waals surface area contributed by atoms with Crippen LogP contribution in [0.1, 0.15) is 15.9 Å². The zero-order valence-corrected chi connectivity index (χ0v) is 18.3. The smallest absolute Gasteiger partial charge is 0.339 e. The van der Waals surface area contributed by atoms with Crippen molar-refractivity contribution < 1.29 is 33.2 Å². The van der Waals surface area contributed by atoms with Crippen molar-refractivity contribution in [3.63, 3.8) is 0 Å². The molecule has 0 saturated carbocycles. The van der Waals surface area contributed by atoms with E-state index >= 15 is 0 Å². The van der Waals surface area contributed by atoms with Crippen LogP contribution < -0.4 is 23.7 Å². The summed E-state index contributed by atoms with van der Waals surface area (Å²) < 4.78 is 33.7. The number of aromatic nitrogens is 2. The van der Waals surface area contributed by atoms with Gasteiger partial charge in [0.15, 0.2) is 23.0 Å². The van der Waals surface area contributed by atoms with Crippen molar-refractivity contribution in [1.82, 2.24) is 9.97 Å². The Hall–Kier alpha value is -4.53. The van der Waals surface area contributed by atoms with Crippen molar-refractivity contribution in [1.29, 1.82) is 0 Å². The number of rotatable bonds is 5. The van der Waals surface area contributed by atoms with Crippen LogP contribution in [0.3, 0.4) is 0 Å². The molecular weight excluding hydrogens is 440 g/mol. The summed E-state index contributed by atoms with van der Waals surface area (Å²) in [5, 5.41) is 1.40. The van der Waals surface area contributed by atoms with Gasteiger partial charge in [-0.25, -0.2) is 14.8 Å². The summed E-state index contributed by atoms with van der Waals surface area (Å²) in [6.45, 7) is 0.201.